The highest BCUT2D eigenvalue weighted by molar-refractivity contribution is 6.19. The Morgan fingerprint density at radius 2 is 1.75 bits per heavy atom. The van der Waals surface area contributed by atoms with Crippen molar-refractivity contribution in [2.75, 3.05) is 32.6 Å². The van der Waals surface area contributed by atoms with Crippen LogP contribution in [0.2, 0.25) is 0 Å². The van der Waals surface area contributed by atoms with Gasteiger partial charge in [0.25, 0.3) is 0 Å². The van der Waals surface area contributed by atoms with Gasteiger partial charge in [0.1, 0.15) is 5.75 Å². The lowest BCUT2D eigenvalue weighted by atomic mass is 9.93. The Morgan fingerprint density at radius 3 is 2.39 bits per heavy atom. The molecule has 2 amide bonds. The number of benzene rings is 2. The number of amides is 2. The van der Waals surface area contributed by atoms with E-state index in [0.717, 1.165) is 27.8 Å². The summed E-state index contributed by atoms with van der Waals surface area (Å²) in [5, 5.41) is 1.16. The molecule has 1 aromatic heterocycles. The lowest BCUT2D eigenvalue weighted by molar-refractivity contribution is -0.146. The number of ether oxygens (including phenoxy) is 1. The highest BCUT2D eigenvalue weighted by Crippen LogP contribution is 2.23. The van der Waals surface area contributed by atoms with Crippen LogP contribution >= 0.6 is 11.6 Å². The molecular formula is C29H38ClN3O3. The van der Waals surface area contributed by atoms with Crippen LogP contribution < -0.4 is 4.74 Å². The van der Waals surface area contributed by atoms with Crippen molar-refractivity contribution >= 4 is 34.3 Å². The molecule has 0 saturated carbocycles. The number of hydrogen-bond donors (Lipinski definition) is 1. The summed E-state index contributed by atoms with van der Waals surface area (Å²) >= 11 is 6.10. The molecule has 0 saturated heterocycles. The lowest BCUT2D eigenvalue weighted by Crippen LogP contribution is -2.49. The van der Waals surface area contributed by atoms with Crippen molar-refractivity contribution in [3.8, 4) is 5.75 Å². The van der Waals surface area contributed by atoms with Crippen LogP contribution in [0.1, 0.15) is 38.8 Å². The first kappa shape index (κ1) is 27.6. The van der Waals surface area contributed by atoms with Crippen LogP contribution in [0.5, 0.6) is 5.75 Å². The highest BCUT2D eigenvalue weighted by atomic mass is 35.5. The van der Waals surface area contributed by atoms with Crippen LogP contribution in [0.3, 0.4) is 0 Å². The van der Waals surface area contributed by atoms with Gasteiger partial charge in [-0.15, -0.1) is 11.6 Å². The first-order valence-electron chi connectivity index (χ1n) is 12.5. The van der Waals surface area contributed by atoms with Crippen LogP contribution in [-0.4, -0.2) is 59.2 Å². The van der Waals surface area contributed by atoms with E-state index in [4.69, 9.17) is 16.3 Å². The number of rotatable bonds is 12. The van der Waals surface area contributed by atoms with Crippen molar-refractivity contribution in [3.05, 3.63) is 65.9 Å². The molecule has 3 rings (SSSR count). The summed E-state index contributed by atoms with van der Waals surface area (Å²) in [6.45, 7) is 9.27. The predicted molar refractivity (Wildman–Crippen MR) is 146 cm³/mol. The van der Waals surface area contributed by atoms with Crippen molar-refractivity contribution < 1.29 is 14.3 Å². The van der Waals surface area contributed by atoms with Gasteiger partial charge in [-0.3, -0.25) is 9.59 Å². The van der Waals surface area contributed by atoms with Gasteiger partial charge in [-0.2, -0.15) is 0 Å². The van der Waals surface area contributed by atoms with Gasteiger partial charge in [-0.25, -0.2) is 0 Å². The zero-order valence-electron chi connectivity index (χ0n) is 22.0. The molecule has 1 N–H and O–H groups in total. The first-order valence-corrected chi connectivity index (χ1v) is 13.0. The van der Waals surface area contributed by atoms with Gasteiger partial charge in [0, 0.05) is 42.6 Å². The van der Waals surface area contributed by atoms with E-state index in [2.05, 4.69) is 11.1 Å². The minimum Gasteiger partial charge on any atom is -0.497 e. The summed E-state index contributed by atoms with van der Waals surface area (Å²) in [5.74, 6) is 1.03. The number of hydrogen-bond acceptors (Lipinski definition) is 3. The van der Waals surface area contributed by atoms with E-state index in [9.17, 15) is 9.59 Å². The average Bonchev–Trinajstić information content (AvgIpc) is 3.28. The number of halogens is 1. The maximum Gasteiger partial charge on any atom is 0.242 e. The van der Waals surface area contributed by atoms with Crippen LogP contribution in [0.4, 0.5) is 0 Å². The normalized spacial score (nSPS) is 11.6. The second kappa shape index (κ2) is 12.3. The molecule has 0 fully saturated rings. The fourth-order valence-corrected chi connectivity index (χ4v) is 4.36. The van der Waals surface area contributed by atoms with Crippen molar-refractivity contribution in [3.63, 3.8) is 0 Å². The Kier molecular flexibility index (Phi) is 9.43. The Labute approximate surface area is 219 Å². The van der Waals surface area contributed by atoms with E-state index in [1.165, 1.54) is 0 Å². The van der Waals surface area contributed by atoms with Crippen molar-refractivity contribution in [2.45, 2.75) is 40.7 Å². The minimum atomic E-state index is -0.735. The van der Waals surface area contributed by atoms with Gasteiger partial charge in [-0.1, -0.05) is 44.2 Å². The number of fused-ring (bicyclic) bond motifs is 1. The number of H-pyrrole nitrogens is 1. The summed E-state index contributed by atoms with van der Waals surface area (Å²) < 4.78 is 5.28. The van der Waals surface area contributed by atoms with Crippen LogP contribution in [0.15, 0.2) is 54.7 Å². The number of carbonyl (C=O) groups excluding carboxylic acids is 2. The zero-order chi connectivity index (χ0) is 26.3. The van der Waals surface area contributed by atoms with Crippen molar-refractivity contribution in [1.82, 2.24) is 14.8 Å². The standard InChI is InChI=1S/C29H38ClN3O3/c1-21(2)17-33(28(35)29(3,4)20-30)19-27(34)32(18-22-10-12-24(36-5)13-11-22)15-14-23-16-31-26-9-7-6-8-25(23)26/h6-13,16,21,31H,14-15,17-20H2,1-5H3. The molecule has 0 radical (unpaired) electrons. The highest BCUT2D eigenvalue weighted by Gasteiger charge is 2.33. The SMILES string of the molecule is COc1ccc(CN(CCc2c[nH]c3ccccc23)C(=O)CN(CC(C)C)C(=O)C(C)(C)CCl)cc1. The average molecular weight is 512 g/mol. The molecule has 0 aliphatic heterocycles. The maximum absolute atomic E-state index is 13.7. The molecule has 7 heteroatoms. The number of para-hydroxylation sites is 1. The first-order chi connectivity index (χ1) is 17.1. The smallest absolute Gasteiger partial charge is 0.242 e. The van der Waals surface area contributed by atoms with Crippen LogP contribution in [-0.2, 0) is 22.6 Å². The number of methoxy groups -OCH3 is 1. The van der Waals surface area contributed by atoms with E-state index in [-0.39, 0.29) is 30.2 Å². The summed E-state index contributed by atoms with van der Waals surface area (Å²) in [5.41, 5.74) is 2.52. The van der Waals surface area contributed by atoms with Crippen molar-refractivity contribution in [1.29, 1.82) is 0 Å². The van der Waals surface area contributed by atoms with E-state index in [0.29, 0.717) is 26.1 Å². The van der Waals surface area contributed by atoms with Gasteiger partial charge < -0.3 is 19.5 Å². The number of aromatic amines is 1. The molecule has 36 heavy (non-hydrogen) atoms. The van der Waals surface area contributed by atoms with Gasteiger partial charge >= 0.3 is 0 Å². The second-order valence-corrected chi connectivity index (χ2v) is 10.6. The van der Waals surface area contributed by atoms with Gasteiger partial charge in [0.15, 0.2) is 0 Å². The second-order valence-electron chi connectivity index (χ2n) is 10.4. The van der Waals surface area contributed by atoms with E-state index < -0.39 is 5.41 Å². The molecule has 0 unspecified atom stereocenters. The van der Waals surface area contributed by atoms with Gasteiger partial charge in [-0.05, 0) is 55.5 Å². The molecule has 0 atom stereocenters. The fraction of sp³-hybridized carbons (Fsp3) is 0.448. The Hall–Kier alpha value is -2.99. The van der Waals surface area contributed by atoms with Crippen molar-refractivity contribution in [2.24, 2.45) is 11.3 Å². The number of aromatic nitrogens is 1. The quantitative estimate of drug-likeness (QED) is 0.327. The molecule has 2 aromatic carbocycles. The lowest BCUT2D eigenvalue weighted by Gasteiger charge is -2.33. The third-order valence-corrected chi connectivity index (χ3v) is 6.99. The van der Waals surface area contributed by atoms with Gasteiger partial charge in [0.2, 0.25) is 11.8 Å². The predicted octanol–water partition coefficient (Wildman–Crippen LogP) is 5.50. The van der Waals surface area contributed by atoms with E-state index in [1.807, 2.05) is 81.3 Å². The fourth-order valence-electron chi connectivity index (χ4n) is 4.25. The third-order valence-electron chi connectivity index (χ3n) is 6.32. The van der Waals surface area contributed by atoms with Crippen LogP contribution in [0.25, 0.3) is 10.9 Å². The largest absolute Gasteiger partial charge is 0.497 e. The molecule has 6 nitrogen and oxygen atoms in total. The Balaban J connectivity index is 1.82. The molecule has 0 aliphatic rings. The Morgan fingerprint density at radius 1 is 1.06 bits per heavy atom. The molecule has 0 aliphatic carbocycles. The topological polar surface area (TPSA) is 65.6 Å². The number of nitrogens with one attached hydrogen (secondary N) is 1. The maximum atomic E-state index is 13.7. The summed E-state index contributed by atoms with van der Waals surface area (Å²) in [6, 6.07) is 15.9. The van der Waals surface area contributed by atoms with Crippen LogP contribution in [0, 0.1) is 11.3 Å². The minimum absolute atomic E-state index is 0.0291. The number of alkyl halides is 1. The number of nitrogens with zero attached hydrogens (tertiary/aromatic N) is 2. The summed E-state index contributed by atoms with van der Waals surface area (Å²) in [7, 11) is 1.63. The Bertz CT molecular complexity index is 1150. The third kappa shape index (κ3) is 7.03. The van der Waals surface area contributed by atoms with E-state index in [1.54, 1.807) is 12.0 Å². The summed E-state index contributed by atoms with van der Waals surface area (Å²) in [6.07, 6.45) is 2.72. The molecule has 0 bridgehead atoms. The molecular weight excluding hydrogens is 474 g/mol. The summed E-state index contributed by atoms with van der Waals surface area (Å²) in [4.78, 5) is 33.8. The monoisotopic (exact) mass is 511 g/mol. The zero-order valence-corrected chi connectivity index (χ0v) is 22.8. The van der Waals surface area contributed by atoms with E-state index >= 15 is 0 Å². The number of carbonyl (C=O) groups is 2. The van der Waals surface area contributed by atoms with Gasteiger partial charge in [0.05, 0.1) is 19.1 Å². The molecule has 3 aromatic rings. The molecule has 0 spiro atoms. The molecule has 1 heterocycles. The molecule has 194 valence electrons.